The highest BCUT2D eigenvalue weighted by atomic mass is 16.5. The number of ketones is 1. The Kier molecular flexibility index (Phi) is 3.75. The van der Waals surface area contributed by atoms with Gasteiger partial charge in [0.1, 0.15) is 11.9 Å². The van der Waals surface area contributed by atoms with Crippen LogP contribution in [-0.2, 0) is 0 Å². The summed E-state index contributed by atoms with van der Waals surface area (Å²) in [5.74, 6) is 0.108. The summed E-state index contributed by atoms with van der Waals surface area (Å²) in [4.78, 5) is 12.2. The number of ether oxygens (including phenoxy) is 1. The molecule has 1 unspecified atom stereocenters. The number of Topliss-reactive ketones (excluding diaryl/α,β-unsaturated/α-hetero) is 1. The topological polar surface area (TPSA) is 46.5 Å². The number of hydrogen-bond donors (Lipinski definition) is 1. The zero-order chi connectivity index (χ0) is 13.0. The van der Waals surface area contributed by atoms with Crippen molar-refractivity contribution >= 4 is 5.78 Å². The van der Waals surface area contributed by atoms with Crippen LogP contribution in [0.5, 0.6) is 5.75 Å². The van der Waals surface area contributed by atoms with Gasteiger partial charge in [-0.05, 0) is 17.7 Å². The SMILES string of the molecule is COc1ccccc1C(=O)C(O)c1ccccc1. The van der Waals surface area contributed by atoms with E-state index in [-0.39, 0.29) is 5.78 Å². The van der Waals surface area contributed by atoms with Crippen LogP contribution in [-0.4, -0.2) is 18.0 Å². The molecule has 1 N–H and O–H groups in total. The van der Waals surface area contributed by atoms with Crippen LogP contribution in [0.1, 0.15) is 22.0 Å². The van der Waals surface area contributed by atoms with Crippen LogP contribution in [0.2, 0.25) is 0 Å². The van der Waals surface area contributed by atoms with Crippen molar-refractivity contribution < 1.29 is 14.6 Å². The minimum absolute atomic E-state index is 0.362. The molecule has 0 aliphatic rings. The number of benzene rings is 2. The molecule has 2 rings (SSSR count). The summed E-state index contributed by atoms with van der Waals surface area (Å²) in [6.45, 7) is 0. The molecular formula is C15H14O3. The van der Waals surface area contributed by atoms with Gasteiger partial charge in [-0.3, -0.25) is 4.79 Å². The average Bonchev–Trinajstić information content (AvgIpc) is 2.46. The highest BCUT2D eigenvalue weighted by molar-refractivity contribution is 6.02. The molecule has 0 radical (unpaired) electrons. The molecule has 92 valence electrons. The molecule has 0 aromatic heterocycles. The molecule has 18 heavy (non-hydrogen) atoms. The molecule has 0 saturated heterocycles. The normalized spacial score (nSPS) is 11.9. The average molecular weight is 242 g/mol. The summed E-state index contributed by atoms with van der Waals surface area (Å²) in [5, 5.41) is 10.1. The number of hydrogen-bond acceptors (Lipinski definition) is 3. The zero-order valence-corrected chi connectivity index (χ0v) is 10.0. The Morgan fingerprint density at radius 2 is 1.67 bits per heavy atom. The Morgan fingerprint density at radius 1 is 1.06 bits per heavy atom. The van der Waals surface area contributed by atoms with Gasteiger partial charge in [0.15, 0.2) is 5.78 Å². The van der Waals surface area contributed by atoms with Crippen molar-refractivity contribution in [1.29, 1.82) is 0 Å². The summed E-state index contributed by atoms with van der Waals surface area (Å²) in [6.07, 6.45) is -1.16. The van der Waals surface area contributed by atoms with Crippen LogP contribution in [0.25, 0.3) is 0 Å². The van der Waals surface area contributed by atoms with E-state index in [4.69, 9.17) is 4.74 Å². The van der Waals surface area contributed by atoms with E-state index in [1.165, 1.54) is 7.11 Å². The van der Waals surface area contributed by atoms with Crippen LogP contribution < -0.4 is 4.74 Å². The van der Waals surface area contributed by atoms with Crippen molar-refractivity contribution in [1.82, 2.24) is 0 Å². The van der Waals surface area contributed by atoms with Crippen LogP contribution in [0.15, 0.2) is 54.6 Å². The van der Waals surface area contributed by atoms with Crippen LogP contribution in [0.3, 0.4) is 0 Å². The Morgan fingerprint density at radius 3 is 2.33 bits per heavy atom. The minimum Gasteiger partial charge on any atom is -0.496 e. The fourth-order valence-electron chi connectivity index (χ4n) is 1.78. The highest BCUT2D eigenvalue weighted by Crippen LogP contribution is 2.24. The third-order valence-electron chi connectivity index (χ3n) is 2.74. The fourth-order valence-corrected chi connectivity index (χ4v) is 1.78. The maximum atomic E-state index is 12.2. The quantitative estimate of drug-likeness (QED) is 0.838. The van der Waals surface area contributed by atoms with E-state index >= 15 is 0 Å². The summed E-state index contributed by atoms with van der Waals surface area (Å²) in [7, 11) is 1.50. The second-order valence-electron chi connectivity index (χ2n) is 3.88. The molecule has 0 amide bonds. The number of carbonyl (C=O) groups is 1. The monoisotopic (exact) mass is 242 g/mol. The molecule has 0 aliphatic heterocycles. The number of para-hydroxylation sites is 1. The first-order valence-corrected chi connectivity index (χ1v) is 5.64. The molecular weight excluding hydrogens is 228 g/mol. The lowest BCUT2D eigenvalue weighted by Crippen LogP contribution is -2.13. The smallest absolute Gasteiger partial charge is 0.199 e. The first-order valence-electron chi connectivity index (χ1n) is 5.64. The van der Waals surface area contributed by atoms with Gasteiger partial charge in [0, 0.05) is 0 Å². The molecule has 2 aromatic rings. The summed E-state index contributed by atoms with van der Waals surface area (Å²) < 4.78 is 5.12. The van der Waals surface area contributed by atoms with Gasteiger partial charge in [0.05, 0.1) is 12.7 Å². The molecule has 0 aliphatic carbocycles. The van der Waals surface area contributed by atoms with Crippen molar-refractivity contribution in [2.45, 2.75) is 6.10 Å². The molecule has 3 heteroatoms. The van der Waals surface area contributed by atoms with Crippen LogP contribution >= 0.6 is 0 Å². The maximum Gasteiger partial charge on any atom is 0.199 e. The van der Waals surface area contributed by atoms with Crippen molar-refractivity contribution in [3.05, 3.63) is 65.7 Å². The van der Waals surface area contributed by atoms with E-state index in [0.717, 1.165) is 0 Å². The first-order chi connectivity index (χ1) is 8.74. The molecule has 3 nitrogen and oxygen atoms in total. The van der Waals surface area contributed by atoms with Gasteiger partial charge in [-0.25, -0.2) is 0 Å². The largest absolute Gasteiger partial charge is 0.496 e. The summed E-state index contributed by atoms with van der Waals surface area (Å²) in [5.41, 5.74) is 0.963. The number of aliphatic hydroxyl groups excluding tert-OH is 1. The molecule has 2 aromatic carbocycles. The van der Waals surface area contributed by atoms with E-state index in [1.54, 1.807) is 48.5 Å². The van der Waals surface area contributed by atoms with Gasteiger partial charge in [-0.1, -0.05) is 42.5 Å². The van der Waals surface area contributed by atoms with Gasteiger partial charge in [0.2, 0.25) is 0 Å². The number of rotatable bonds is 4. The van der Waals surface area contributed by atoms with Crippen molar-refractivity contribution in [3.8, 4) is 5.75 Å². The van der Waals surface area contributed by atoms with E-state index in [1.807, 2.05) is 6.07 Å². The van der Waals surface area contributed by atoms with Crippen LogP contribution in [0.4, 0.5) is 0 Å². The second kappa shape index (κ2) is 5.47. The minimum atomic E-state index is -1.16. The van der Waals surface area contributed by atoms with E-state index in [2.05, 4.69) is 0 Å². The van der Waals surface area contributed by atoms with Gasteiger partial charge in [-0.2, -0.15) is 0 Å². The van der Waals surface area contributed by atoms with E-state index < -0.39 is 6.10 Å². The predicted octanol–water partition coefficient (Wildman–Crippen LogP) is 2.61. The zero-order valence-electron chi connectivity index (χ0n) is 10.0. The maximum absolute atomic E-state index is 12.2. The Hall–Kier alpha value is -2.13. The third-order valence-corrected chi connectivity index (χ3v) is 2.74. The number of aliphatic hydroxyl groups is 1. The van der Waals surface area contributed by atoms with Gasteiger partial charge < -0.3 is 9.84 Å². The van der Waals surface area contributed by atoms with Crippen molar-refractivity contribution in [2.75, 3.05) is 7.11 Å². The van der Waals surface area contributed by atoms with Crippen molar-refractivity contribution in [2.24, 2.45) is 0 Å². The fraction of sp³-hybridized carbons (Fsp3) is 0.133. The lowest BCUT2D eigenvalue weighted by atomic mass is 9.99. The Bertz CT molecular complexity index is 534. The molecule has 0 fully saturated rings. The highest BCUT2D eigenvalue weighted by Gasteiger charge is 2.21. The summed E-state index contributed by atoms with van der Waals surface area (Å²) in [6, 6.07) is 15.7. The van der Waals surface area contributed by atoms with Gasteiger partial charge in [-0.15, -0.1) is 0 Å². The third kappa shape index (κ3) is 2.41. The molecule has 1 atom stereocenters. The Balaban J connectivity index is 2.32. The molecule has 0 spiro atoms. The lowest BCUT2D eigenvalue weighted by Gasteiger charge is -2.12. The number of methoxy groups -OCH3 is 1. The predicted molar refractivity (Wildman–Crippen MR) is 68.7 cm³/mol. The molecule has 0 saturated carbocycles. The first kappa shape index (κ1) is 12.3. The molecule has 0 heterocycles. The lowest BCUT2D eigenvalue weighted by molar-refractivity contribution is 0.0744. The second-order valence-corrected chi connectivity index (χ2v) is 3.88. The molecule has 0 bridgehead atoms. The van der Waals surface area contributed by atoms with E-state index in [9.17, 15) is 9.90 Å². The van der Waals surface area contributed by atoms with Crippen LogP contribution in [0, 0.1) is 0 Å². The van der Waals surface area contributed by atoms with E-state index in [0.29, 0.717) is 16.9 Å². The van der Waals surface area contributed by atoms with Gasteiger partial charge in [0.25, 0.3) is 0 Å². The van der Waals surface area contributed by atoms with Gasteiger partial charge >= 0.3 is 0 Å². The number of carbonyl (C=O) groups excluding carboxylic acids is 1. The van der Waals surface area contributed by atoms with Crippen molar-refractivity contribution in [3.63, 3.8) is 0 Å². The Labute approximate surface area is 106 Å². The summed E-state index contributed by atoms with van der Waals surface area (Å²) >= 11 is 0. The standard InChI is InChI=1S/C15H14O3/c1-18-13-10-6-5-9-12(13)15(17)14(16)11-7-3-2-4-8-11/h2-10,14,16H,1H3.